The monoisotopic (exact) mass is 355 g/mol. The lowest BCUT2D eigenvalue weighted by Gasteiger charge is -2.04. The van der Waals surface area contributed by atoms with E-state index in [0.29, 0.717) is 22.2 Å². The lowest BCUT2D eigenvalue weighted by molar-refractivity contribution is 0.174. The Labute approximate surface area is 148 Å². The number of nitrogens with one attached hydrogen (secondary N) is 1. The first kappa shape index (κ1) is 15.5. The number of benzene rings is 2. The minimum atomic E-state index is -0.350. The molecule has 6 nitrogen and oxygen atoms in total. The molecule has 1 aliphatic heterocycles. The number of nitrogens with zero attached hydrogens (tertiary/aromatic N) is 2. The number of ether oxygens (including phenoxy) is 2. The number of carbonyl (C=O) groups is 1. The van der Waals surface area contributed by atoms with Gasteiger partial charge in [0.05, 0.1) is 5.69 Å². The van der Waals surface area contributed by atoms with Crippen LogP contribution in [-0.2, 0) is 0 Å². The minimum Gasteiger partial charge on any atom is -0.454 e. The summed E-state index contributed by atoms with van der Waals surface area (Å²) in [5, 5.41) is 7.69. The maximum Gasteiger partial charge on any atom is 0.346 e. The molecule has 0 unspecified atom stereocenters. The fourth-order valence-corrected chi connectivity index (χ4v) is 2.75. The zero-order chi connectivity index (χ0) is 17.4. The topological polar surface area (TPSA) is 65.4 Å². The number of aryl methyl sites for hydroxylation is 1. The van der Waals surface area contributed by atoms with Gasteiger partial charge in [0.1, 0.15) is 0 Å². The molecular formula is C18H14ClN3O3. The molecule has 0 bridgehead atoms. The fraction of sp³-hybridized carbons (Fsp3) is 0.111. The smallest absolute Gasteiger partial charge is 0.346 e. The van der Waals surface area contributed by atoms with Gasteiger partial charge in [0, 0.05) is 22.5 Å². The second kappa shape index (κ2) is 6.14. The summed E-state index contributed by atoms with van der Waals surface area (Å²) in [6, 6.07) is 12.2. The molecule has 1 aromatic heterocycles. The molecule has 126 valence electrons. The van der Waals surface area contributed by atoms with Gasteiger partial charge in [-0.05, 0) is 48.9 Å². The van der Waals surface area contributed by atoms with Gasteiger partial charge in [0.2, 0.25) is 6.79 Å². The van der Waals surface area contributed by atoms with Crippen molar-refractivity contribution in [1.82, 2.24) is 9.78 Å². The lowest BCUT2D eigenvalue weighted by atomic mass is 10.1. The van der Waals surface area contributed by atoms with Crippen molar-refractivity contribution in [2.45, 2.75) is 6.92 Å². The summed E-state index contributed by atoms with van der Waals surface area (Å²) in [7, 11) is 0. The summed E-state index contributed by atoms with van der Waals surface area (Å²) < 4.78 is 12.0. The van der Waals surface area contributed by atoms with Gasteiger partial charge >= 0.3 is 6.03 Å². The highest BCUT2D eigenvalue weighted by atomic mass is 35.5. The molecule has 0 spiro atoms. The van der Waals surface area contributed by atoms with Gasteiger partial charge in [-0.25, -0.2) is 4.79 Å². The molecule has 2 heterocycles. The van der Waals surface area contributed by atoms with E-state index >= 15 is 0 Å². The van der Waals surface area contributed by atoms with Crippen LogP contribution in [0.25, 0.3) is 11.1 Å². The predicted octanol–water partition coefficient (Wildman–Crippen LogP) is 4.32. The first-order chi connectivity index (χ1) is 12.1. The Bertz CT molecular complexity index is 951. The molecule has 0 saturated carbocycles. The van der Waals surface area contributed by atoms with E-state index in [4.69, 9.17) is 21.1 Å². The van der Waals surface area contributed by atoms with E-state index < -0.39 is 0 Å². The van der Waals surface area contributed by atoms with E-state index in [2.05, 4.69) is 10.4 Å². The van der Waals surface area contributed by atoms with E-state index in [0.717, 1.165) is 16.8 Å². The van der Waals surface area contributed by atoms with Crippen molar-refractivity contribution < 1.29 is 14.3 Å². The Morgan fingerprint density at radius 3 is 2.72 bits per heavy atom. The second-order valence-electron chi connectivity index (χ2n) is 5.58. The van der Waals surface area contributed by atoms with E-state index in [9.17, 15) is 4.79 Å². The molecule has 3 aromatic rings. The van der Waals surface area contributed by atoms with Gasteiger partial charge < -0.3 is 14.8 Å². The predicted molar refractivity (Wildman–Crippen MR) is 94.4 cm³/mol. The molecule has 4 rings (SSSR count). The summed E-state index contributed by atoms with van der Waals surface area (Å²) in [5.41, 5.74) is 3.15. The zero-order valence-corrected chi connectivity index (χ0v) is 14.1. The van der Waals surface area contributed by atoms with Gasteiger partial charge in [-0.1, -0.05) is 17.7 Å². The van der Waals surface area contributed by atoms with E-state index in [1.807, 2.05) is 25.1 Å². The maximum absolute atomic E-state index is 12.4. The Balaban J connectivity index is 1.59. The molecule has 1 N–H and O–H groups in total. The van der Waals surface area contributed by atoms with Crippen LogP contribution in [0.1, 0.15) is 5.69 Å². The third-order valence-corrected chi connectivity index (χ3v) is 4.14. The summed E-state index contributed by atoms with van der Waals surface area (Å²) in [6.07, 6.45) is 1.69. The van der Waals surface area contributed by atoms with Crippen LogP contribution in [0.15, 0.2) is 48.7 Å². The number of halogens is 1. The average molecular weight is 356 g/mol. The Kier molecular flexibility index (Phi) is 3.82. The van der Waals surface area contributed by atoms with Crippen LogP contribution in [0.5, 0.6) is 11.5 Å². The molecule has 0 saturated heterocycles. The molecule has 1 amide bonds. The molecule has 0 fully saturated rings. The summed E-state index contributed by atoms with van der Waals surface area (Å²) in [6.45, 7) is 2.08. The standard InChI is InChI=1S/C18H14ClN3O3/c1-11-15(12-2-7-16-17(8-12)25-10-24-16)9-22(21-11)18(23)20-14-5-3-13(19)4-6-14/h2-9H,10H2,1H3,(H,20,23). The summed E-state index contributed by atoms with van der Waals surface area (Å²) in [5.74, 6) is 1.41. The van der Waals surface area contributed by atoms with Crippen molar-refractivity contribution in [2.75, 3.05) is 12.1 Å². The lowest BCUT2D eigenvalue weighted by Crippen LogP contribution is -2.19. The summed E-state index contributed by atoms with van der Waals surface area (Å²) >= 11 is 5.85. The number of carbonyl (C=O) groups excluding carboxylic acids is 1. The van der Waals surface area contributed by atoms with Crippen molar-refractivity contribution in [3.05, 3.63) is 59.4 Å². The van der Waals surface area contributed by atoms with Crippen molar-refractivity contribution in [3.8, 4) is 22.6 Å². The minimum absolute atomic E-state index is 0.223. The molecule has 0 atom stereocenters. The Morgan fingerprint density at radius 2 is 1.92 bits per heavy atom. The van der Waals surface area contributed by atoms with Crippen LogP contribution in [0, 0.1) is 6.92 Å². The number of rotatable bonds is 2. The van der Waals surface area contributed by atoms with Crippen LogP contribution >= 0.6 is 11.6 Å². The van der Waals surface area contributed by atoms with Crippen molar-refractivity contribution in [1.29, 1.82) is 0 Å². The quantitative estimate of drug-likeness (QED) is 0.743. The molecular weight excluding hydrogens is 342 g/mol. The number of fused-ring (bicyclic) bond motifs is 1. The Hall–Kier alpha value is -2.99. The van der Waals surface area contributed by atoms with Crippen LogP contribution in [0.2, 0.25) is 5.02 Å². The van der Waals surface area contributed by atoms with Crippen LogP contribution in [0.4, 0.5) is 10.5 Å². The largest absolute Gasteiger partial charge is 0.454 e. The highest BCUT2D eigenvalue weighted by Gasteiger charge is 2.17. The fourth-order valence-electron chi connectivity index (χ4n) is 2.63. The number of amides is 1. The van der Waals surface area contributed by atoms with Crippen molar-refractivity contribution in [2.24, 2.45) is 0 Å². The van der Waals surface area contributed by atoms with Crippen LogP contribution < -0.4 is 14.8 Å². The molecule has 2 aromatic carbocycles. The van der Waals surface area contributed by atoms with Gasteiger partial charge in [-0.2, -0.15) is 9.78 Å². The van der Waals surface area contributed by atoms with Crippen LogP contribution in [0.3, 0.4) is 0 Å². The van der Waals surface area contributed by atoms with E-state index in [1.54, 1.807) is 30.5 Å². The number of hydrogen-bond acceptors (Lipinski definition) is 4. The van der Waals surface area contributed by atoms with Gasteiger partial charge in [0.25, 0.3) is 0 Å². The number of aromatic nitrogens is 2. The average Bonchev–Trinajstić information content (AvgIpc) is 3.22. The molecule has 1 aliphatic rings. The normalized spacial score (nSPS) is 12.2. The van der Waals surface area contributed by atoms with Crippen molar-refractivity contribution in [3.63, 3.8) is 0 Å². The van der Waals surface area contributed by atoms with Gasteiger partial charge in [0.15, 0.2) is 11.5 Å². The van der Waals surface area contributed by atoms with Crippen molar-refractivity contribution >= 4 is 23.3 Å². The SMILES string of the molecule is Cc1nn(C(=O)Nc2ccc(Cl)cc2)cc1-c1ccc2c(c1)OCO2. The summed E-state index contributed by atoms with van der Waals surface area (Å²) in [4.78, 5) is 12.4. The van der Waals surface area contributed by atoms with E-state index in [-0.39, 0.29) is 12.8 Å². The Morgan fingerprint density at radius 1 is 1.16 bits per heavy atom. The maximum atomic E-state index is 12.4. The van der Waals surface area contributed by atoms with Gasteiger partial charge in [-0.15, -0.1) is 0 Å². The zero-order valence-electron chi connectivity index (χ0n) is 13.3. The number of anilines is 1. The highest BCUT2D eigenvalue weighted by molar-refractivity contribution is 6.30. The van der Waals surface area contributed by atoms with E-state index in [1.165, 1.54) is 4.68 Å². The number of hydrogen-bond donors (Lipinski definition) is 1. The molecule has 25 heavy (non-hydrogen) atoms. The third kappa shape index (κ3) is 3.04. The molecule has 7 heteroatoms. The molecule has 0 aliphatic carbocycles. The molecule has 0 radical (unpaired) electrons. The third-order valence-electron chi connectivity index (χ3n) is 3.89. The van der Waals surface area contributed by atoms with Gasteiger partial charge in [-0.3, -0.25) is 0 Å². The first-order valence-corrected chi connectivity index (χ1v) is 8.01. The highest BCUT2D eigenvalue weighted by Crippen LogP contribution is 2.36. The first-order valence-electron chi connectivity index (χ1n) is 7.63. The van der Waals surface area contributed by atoms with Crippen LogP contribution in [-0.4, -0.2) is 22.6 Å². The second-order valence-corrected chi connectivity index (χ2v) is 6.01.